The van der Waals surface area contributed by atoms with Gasteiger partial charge in [-0.25, -0.2) is 4.99 Å². The predicted molar refractivity (Wildman–Crippen MR) is 187 cm³/mol. The number of rotatable bonds is 12. The first-order valence-corrected chi connectivity index (χ1v) is 17.7. The van der Waals surface area contributed by atoms with Crippen molar-refractivity contribution in [2.45, 2.75) is 122 Å². The van der Waals surface area contributed by atoms with Gasteiger partial charge >= 0.3 is 0 Å². The Bertz CT molecular complexity index is 1400. The molecule has 0 spiro atoms. The van der Waals surface area contributed by atoms with E-state index < -0.39 is 0 Å². The number of ether oxygens (including phenoxy) is 2. The highest BCUT2D eigenvalue weighted by Gasteiger charge is 2.34. The minimum Gasteiger partial charge on any atom is -0.504 e. The van der Waals surface area contributed by atoms with Gasteiger partial charge in [0, 0.05) is 44.1 Å². The van der Waals surface area contributed by atoms with Crippen LogP contribution >= 0.6 is 0 Å². The Morgan fingerprint density at radius 1 is 1.09 bits per heavy atom. The number of carbonyl (C=O) groups excluding carboxylic acids is 1. The van der Waals surface area contributed by atoms with E-state index in [-0.39, 0.29) is 60.4 Å². The first kappa shape index (κ1) is 36.4. The van der Waals surface area contributed by atoms with E-state index in [0.717, 1.165) is 80.1 Å². The lowest BCUT2D eigenvalue weighted by Gasteiger charge is -2.33. The Morgan fingerprint density at radius 3 is 2.55 bits per heavy atom. The number of nitrogens with two attached hydrogens (primary N) is 2. The molecule has 6 N–H and O–H groups in total. The van der Waals surface area contributed by atoms with Crippen LogP contribution in [0.5, 0.6) is 11.5 Å². The summed E-state index contributed by atoms with van der Waals surface area (Å²) in [7, 11) is 1.72. The number of hydrogen-bond acceptors (Lipinski definition) is 6. The fraction of sp³-hybridized carbons (Fsp3) is 0.641. The third-order valence-corrected chi connectivity index (χ3v) is 9.94. The fourth-order valence-electron chi connectivity index (χ4n) is 7.39. The van der Waals surface area contributed by atoms with Crippen LogP contribution < -0.4 is 16.2 Å². The average molecular weight is 646 g/mol. The molecule has 8 heteroatoms. The van der Waals surface area contributed by atoms with Crippen molar-refractivity contribution in [2.75, 3.05) is 20.3 Å². The van der Waals surface area contributed by atoms with E-state index in [1.807, 2.05) is 13.0 Å². The number of aryl methyl sites for hydroxylation is 1. The third kappa shape index (κ3) is 10.3. The SMILES string of the molecule is CCC/C(=C/C(=O)CCc1cc(OC2CCCC2)c(O)c2c1C#C[C@@H]1CC#CC[C@H](C)CC[C@@H]2[C@@H](COC)CC[C@@H]1N=C(N)N)CO. The molecule has 47 heavy (non-hydrogen) atoms. The van der Waals surface area contributed by atoms with Gasteiger partial charge in [0.05, 0.1) is 24.7 Å². The summed E-state index contributed by atoms with van der Waals surface area (Å²) in [5, 5.41) is 21.9. The number of guanidine groups is 1. The number of carbonyl (C=O) groups is 1. The first-order valence-electron chi connectivity index (χ1n) is 17.7. The third-order valence-electron chi connectivity index (χ3n) is 9.94. The van der Waals surface area contributed by atoms with E-state index in [1.54, 1.807) is 13.2 Å². The Morgan fingerprint density at radius 2 is 1.85 bits per heavy atom. The lowest BCUT2D eigenvalue weighted by atomic mass is 9.74. The van der Waals surface area contributed by atoms with Gasteiger partial charge in [-0.2, -0.15) is 0 Å². The van der Waals surface area contributed by atoms with Gasteiger partial charge < -0.3 is 31.2 Å². The molecule has 1 aromatic rings. The molecule has 5 rings (SSSR count). The molecule has 0 heterocycles. The van der Waals surface area contributed by atoms with Gasteiger partial charge in [-0.05, 0) is 105 Å². The summed E-state index contributed by atoms with van der Waals surface area (Å²) < 4.78 is 12.4. The second-order valence-electron chi connectivity index (χ2n) is 13.7. The van der Waals surface area contributed by atoms with Gasteiger partial charge in [-0.15, -0.1) is 11.8 Å². The summed E-state index contributed by atoms with van der Waals surface area (Å²) in [4.78, 5) is 17.8. The lowest BCUT2D eigenvalue weighted by molar-refractivity contribution is -0.114. The molecule has 4 aliphatic rings. The van der Waals surface area contributed by atoms with Crippen LogP contribution in [0.1, 0.15) is 120 Å². The summed E-state index contributed by atoms with van der Waals surface area (Å²) in [6.45, 7) is 4.65. The minimum absolute atomic E-state index is 0.0360. The van der Waals surface area contributed by atoms with Crippen LogP contribution in [0, 0.1) is 41.4 Å². The van der Waals surface area contributed by atoms with Crippen molar-refractivity contribution in [3.05, 3.63) is 34.4 Å². The quantitative estimate of drug-likeness (QED) is 0.0961. The zero-order valence-corrected chi connectivity index (χ0v) is 28.7. The second kappa shape index (κ2) is 18.2. The maximum atomic E-state index is 13.2. The minimum atomic E-state index is -0.231. The van der Waals surface area contributed by atoms with Gasteiger partial charge in [-0.1, -0.05) is 32.1 Å². The summed E-state index contributed by atoms with van der Waals surface area (Å²) in [6.07, 6.45) is 12.6. The van der Waals surface area contributed by atoms with Crippen molar-refractivity contribution in [3.8, 4) is 35.2 Å². The highest BCUT2D eigenvalue weighted by molar-refractivity contribution is 5.90. The van der Waals surface area contributed by atoms with Crippen molar-refractivity contribution in [1.29, 1.82) is 0 Å². The second-order valence-corrected chi connectivity index (χ2v) is 13.7. The van der Waals surface area contributed by atoms with Crippen molar-refractivity contribution >= 4 is 11.7 Å². The van der Waals surface area contributed by atoms with Gasteiger partial charge in [-0.3, -0.25) is 4.79 Å². The number of aliphatic hydroxyl groups excluding tert-OH is 1. The number of phenols is 1. The van der Waals surface area contributed by atoms with E-state index in [1.165, 1.54) is 0 Å². The number of benzene rings is 1. The van der Waals surface area contributed by atoms with Crippen LogP contribution in [-0.2, 0) is 16.0 Å². The van der Waals surface area contributed by atoms with Gasteiger partial charge in [0.2, 0.25) is 0 Å². The van der Waals surface area contributed by atoms with E-state index in [2.05, 4.69) is 35.6 Å². The Kier molecular flexibility index (Phi) is 14.1. The van der Waals surface area contributed by atoms with Gasteiger partial charge in [0.1, 0.15) is 0 Å². The number of methoxy groups -OCH3 is 1. The molecule has 5 atom stereocenters. The van der Waals surface area contributed by atoms with E-state index in [0.29, 0.717) is 44.0 Å². The first-order chi connectivity index (χ1) is 22.7. The monoisotopic (exact) mass is 645 g/mol. The van der Waals surface area contributed by atoms with Crippen molar-refractivity contribution in [1.82, 2.24) is 0 Å². The number of ketones is 1. The Balaban J connectivity index is 1.93. The molecule has 0 radical (unpaired) electrons. The van der Waals surface area contributed by atoms with E-state index in [4.69, 9.17) is 20.9 Å². The van der Waals surface area contributed by atoms with Crippen molar-refractivity contribution in [3.63, 3.8) is 0 Å². The summed E-state index contributed by atoms with van der Waals surface area (Å²) in [5.74, 6) is 14.6. The predicted octanol–water partition coefficient (Wildman–Crippen LogP) is 5.90. The van der Waals surface area contributed by atoms with Crippen LogP contribution in [0.4, 0.5) is 0 Å². The smallest absolute Gasteiger partial charge is 0.186 e. The number of aliphatic imine (C=N–C) groups is 1. The zero-order valence-electron chi connectivity index (χ0n) is 28.7. The molecule has 0 amide bonds. The van der Waals surface area contributed by atoms with Gasteiger partial charge in [0.15, 0.2) is 23.2 Å². The molecule has 1 aromatic carbocycles. The van der Waals surface area contributed by atoms with Crippen molar-refractivity contribution in [2.24, 2.45) is 34.2 Å². The van der Waals surface area contributed by atoms with Crippen LogP contribution in [0.25, 0.3) is 0 Å². The number of aromatic hydroxyl groups is 1. The maximum absolute atomic E-state index is 13.2. The molecule has 0 aromatic heterocycles. The van der Waals surface area contributed by atoms with Crippen LogP contribution in [0.3, 0.4) is 0 Å². The summed E-state index contributed by atoms with van der Waals surface area (Å²) >= 11 is 0. The summed E-state index contributed by atoms with van der Waals surface area (Å²) in [6, 6.07) is 1.68. The van der Waals surface area contributed by atoms with E-state index in [9.17, 15) is 15.0 Å². The van der Waals surface area contributed by atoms with E-state index >= 15 is 0 Å². The summed E-state index contributed by atoms with van der Waals surface area (Å²) in [5.41, 5.74) is 15.1. The fourth-order valence-corrected chi connectivity index (χ4v) is 7.39. The molecule has 0 aliphatic heterocycles. The molecule has 1 saturated carbocycles. The highest BCUT2D eigenvalue weighted by Crippen LogP contribution is 2.47. The molecule has 256 valence electrons. The topological polar surface area (TPSA) is 140 Å². The molecule has 4 aliphatic carbocycles. The number of nitrogens with zero attached hydrogens (tertiary/aromatic N) is 1. The number of aliphatic hydroxyl groups is 1. The molecule has 1 fully saturated rings. The molecule has 0 unspecified atom stereocenters. The molecular formula is C39H55N3O5. The van der Waals surface area contributed by atoms with Crippen molar-refractivity contribution < 1.29 is 24.5 Å². The zero-order chi connectivity index (χ0) is 33.8. The molecule has 8 nitrogen and oxygen atoms in total. The maximum Gasteiger partial charge on any atom is 0.186 e. The number of allylic oxidation sites excluding steroid dienone is 1. The number of hydrogen-bond donors (Lipinski definition) is 4. The lowest BCUT2D eigenvalue weighted by Crippen LogP contribution is -2.30. The van der Waals surface area contributed by atoms with Crippen LogP contribution in [0.15, 0.2) is 22.7 Å². The Hall–Kier alpha value is -3.46. The van der Waals surface area contributed by atoms with Gasteiger partial charge in [0.25, 0.3) is 0 Å². The number of phenolic OH excluding ortho intramolecular Hbond substituents is 1. The standard InChI is InChI=1S/C39H55N3O5/c1-4-9-27(24-43)22-31(44)18-15-29-23-36(47-32-12-7-8-13-32)38(45)37-33(29)20-16-28-11-6-5-10-26(2)14-19-34(37)30(25-46-3)17-21-35(28)42-39(40)41/h22-23,26,28,30,32,34-35,43,45H,4,7-15,17-19,21,24-25H2,1-3H3,(H4,40,41,42)/b27-22-/t26-,28-,30+,34+,35-/m0/s1. The largest absolute Gasteiger partial charge is 0.504 e. The normalized spacial score (nSPS) is 24.9. The molecule has 2 bridgehead atoms. The van der Waals surface area contributed by atoms with Crippen LogP contribution in [0.2, 0.25) is 0 Å². The average Bonchev–Trinajstić information content (AvgIpc) is 3.56. The highest BCUT2D eigenvalue weighted by atomic mass is 16.5. The number of fused-ring (bicyclic) bond motifs is 8. The Labute approximate surface area is 281 Å². The molecule has 0 saturated heterocycles. The van der Waals surface area contributed by atoms with Crippen LogP contribution in [-0.4, -0.2) is 54.4 Å². The molecular weight excluding hydrogens is 590 g/mol.